The molecule has 1 aromatic rings. The van der Waals surface area contributed by atoms with Gasteiger partial charge in [-0.1, -0.05) is 30.3 Å². The number of carboxylic acids is 1. The van der Waals surface area contributed by atoms with E-state index in [1.165, 1.54) is 0 Å². The molecule has 1 saturated heterocycles. The van der Waals surface area contributed by atoms with Gasteiger partial charge in [-0.05, 0) is 12.0 Å². The molecule has 0 aromatic heterocycles. The first-order valence-electron chi connectivity index (χ1n) is 7.11. The Kier molecular flexibility index (Phi) is 6.35. The third-order valence-electron chi connectivity index (χ3n) is 3.57. The summed E-state index contributed by atoms with van der Waals surface area (Å²) in [5.74, 6) is -0.594. The van der Waals surface area contributed by atoms with Crippen LogP contribution < -0.4 is 0 Å². The molecule has 2 unspecified atom stereocenters. The van der Waals surface area contributed by atoms with Gasteiger partial charge in [0, 0.05) is 36.2 Å². The van der Waals surface area contributed by atoms with E-state index in [1.54, 1.807) is 0 Å². The van der Waals surface area contributed by atoms with Crippen molar-refractivity contribution < 1.29 is 18.8 Å². The number of carboxylic acid groups (broad SMARTS) is 1. The van der Waals surface area contributed by atoms with Crippen LogP contribution in [-0.4, -0.2) is 64.0 Å². The molecule has 1 aliphatic rings. The van der Waals surface area contributed by atoms with Gasteiger partial charge in [-0.2, -0.15) is 0 Å². The van der Waals surface area contributed by atoms with Crippen LogP contribution in [0, 0.1) is 0 Å². The highest BCUT2D eigenvalue weighted by Gasteiger charge is 2.25. The zero-order chi connectivity index (χ0) is 15.1. The fourth-order valence-corrected chi connectivity index (χ4v) is 3.63. The number of rotatable bonds is 7. The number of carbonyl (C=O) groups is 1. The number of hydrogen-bond donors (Lipinski definition) is 1. The minimum absolute atomic E-state index is 0.311. The fraction of sp³-hybridized carbons (Fsp3) is 0.533. The molecule has 0 radical (unpaired) electrons. The van der Waals surface area contributed by atoms with Crippen molar-refractivity contribution in [2.75, 3.05) is 38.6 Å². The van der Waals surface area contributed by atoms with Gasteiger partial charge >= 0.3 is 5.97 Å². The molecule has 116 valence electrons. The zero-order valence-electron chi connectivity index (χ0n) is 11.9. The predicted molar refractivity (Wildman–Crippen MR) is 81.8 cm³/mol. The molecule has 1 aliphatic heterocycles. The molecule has 0 bridgehead atoms. The summed E-state index contributed by atoms with van der Waals surface area (Å²) in [7, 11) is -1.37. The SMILES string of the molecule is O=C(O)C(Cc1ccccc1)S(=O)CCN1CCOCC1. The topological polar surface area (TPSA) is 66.8 Å². The quantitative estimate of drug-likeness (QED) is 0.805. The van der Waals surface area contributed by atoms with Crippen molar-refractivity contribution in [1.29, 1.82) is 0 Å². The minimum Gasteiger partial charge on any atom is -0.480 e. The summed E-state index contributed by atoms with van der Waals surface area (Å²) in [6.45, 7) is 3.70. The van der Waals surface area contributed by atoms with Crippen molar-refractivity contribution in [2.24, 2.45) is 0 Å². The maximum atomic E-state index is 12.3. The van der Waals surface area contributed by atoms with E-state index in [4.69, 9.17) is 4.74 Å². The Morgan fingerprint density at radius 2 is 1.95 bits per heavy atom. The highest BCUT2D eigenvalue weighted by atomic mass is 32.2. The van der Waals surface area contributed by atoms with Gasteiger partial charge in [0.15, 0.2) is 0 Å². The first-order chi connectivity index (χ1) is 10.2. The molecule has 2 atom stereocenters. The zero-order valence-corrected chi connectivity index (χ0v) is 12.8. The number of aliphatic carboxylic acids is 1. The predicted octanol–water partition coefficient (Wildman–Crippen LogP) is 0.763. The average molecular weight is 311 g/mol. The monoisotopic (exact) mass is 311 g/mol. The van der Waals surface area contributed by atoms with Gasteiger partial charge in [-0.25, -0.2) is 0 Å². The van der Waals surface area contributed by atoms with Gasteiger partial charge in [0.2, 0.25) is 0 Å². The molecule has 6 heteroatoms. The molecule has 1 N–H and O–H groups in total. The summed E-state index contributed by atoms with van der Waals surface area (Å²) in [6.07, 6.45) is 0.311. The molecular formula is C15H21NO4S. The van der Waals surface area contributed by atoms with Crippen LogP contribution in [0.1, 0.15) is 5.56 Å². The van der Waals surface area contributed by atoms with E-state index in [0.717, 1.165) is 18.7 Å². The summed E-state index contributed by atoms with van der Waals surface area (Å²) < 4.78 is 17.6. The molecule has 0 spiro atoms. The summed E-state index contributed by atoms with van der Waals surface area (Å²) in [5.41, 5.74) is 0.907. The number of benzene rings is 1. The van der Waals surface area contributed by atoms with Crippen molar-refractivity contribution in [3.63, 3.8) is 0 Å². The second-order valence-electron chi connectivity index (χ2n) is 5.06. The van der Waals surface area contributed by atoms with Crippen molar-refractivity contribution in [3.8, 4) is 0 Å². The molecule has 0 saturated carbocycles. The molecule has 5 nitrogen and oxygen atoms in total. The van der Waals surface area contributed by atoms with Gasteiger partial charge in [0.25, 0.3) is 0 Å². The van der Waals surface area contributed by atoms with Crippen LogP contribution in [0.2, 0.25) is 0 Å². The largest absolute Gasteiger partial charge is 0.480 e. The van der Waals surface area contributed by atoms with Gasteiger partial charge in [-0.15, -0.1) is 0 Å². The average Bonchev–Trinajstić information content (AvgIpc) is 2.52. The first kappa shape index (κ1) is 16.1. The second kappa shape index (κ2) is 8.26. The number of hydrogen-bond acceptors (Lipinski definition) is 4. The molecule has 1 heterocycles. The van der Waals surface area contributed by atoms with E-state index in [0.29, 0.717) is 31.9 Å². The standard InChI is InChI=1S/C15H21NO4S/c17-15(18)14(12-13-4-2-1-3-5-13)21(19)11-8-16-6-9-20-10-7-16/h1-5,14H,6-12H2,(H,17,18). The van der Waals surface area contributed by atoms with Crippen LogP contribution in [0.4, 0.5) is 0 Å². The lowest BCUT2D eigenvalue weighted by Gasteiger charge is -2.26. The van der Waals surface area contributed by atoms with Crippen molar-refractivity contribution >= 4 is 16.8 Å². The Balaban J connectivity index is 1.88. The highest BCUT2D eigenvalue weighted by Crippen LogP contribution is 2.09. The summed E-state index contributed by atoms with van der Waals surface area (Å²) in [5, 5.41) is 8.48. The van der Waals surface area contributed by atoms with Crippen molar-refractivity contribution in [1.82, 2.24) is 4.90 Å². The summed E-state index contributed by atoms with van der Waals surface area (Å²) in [6, 6.07) is 9.36. The maximum absolute atomic E-state index is 12.3. The Morgan fingerprint density at radius 3 is 2.57 bits per heavy atom. The van der Waals surface area contributed by atoms with Crippen molar-refractivity contribution in [3.05, 3.63) is 35.9 Å². The Morgan fingerprint density at radius 1 is 1.29 bits per heavy atom. The van der Waals surface area contributed by atoms with E-state index in [1.807, 2.05) is 30.3 Å². The second-order valence-corrected chi connectivity index (χ2v) is 6.79. The molecule has 1 aromatic carbocycles. The fourth-order valence-electron chi connectivity index (χ4n) is 2.31. The van der Waals surface area contributed by atoms with Crippen LogP contribution in [-0.2, 0) is 26.8 Å². The number of nitrogens with zero attached hydrogens (tertiary/aromatic N) is 1. The molecule has 2 rings (SSSR count). The molecule has 0 aliphatic carbocycles. The Labute approximate surface area is 127 Å². The number of ether oxygens (including phenoxy) is 1. The van der Waals surface area contributed by atoms with Crippen molar-refractivity contribution in [2.45, 2.75) is 11.7 Å². The van der Waals surface area contributed by atoms with Gasteiger partial charge in [-0.3, -0.25) is 13.9 Å². The van der Waals surface area contributed by atoms with Crippen LogP contribution >= 0.6 is 0 Å². The molecule has 21 heavy (non-hydrogen) atoms. The summed E-state index contributed by atoms with van der Waals surface area (Å²) in [4.78, 5) is 13.5. The third kappa shape index (κ3) is 5.22. The summed E-state index contributed by atoms with van der Waals surface area (Å²) >= 11 is 0. The Hall–Kier alpha value is -1.24. The van der Waals surface area contributed by atoms with Gasteiger partial charge in [0.1, 0.15) is 5.25 Å². The van der Waals surface area contributed by atoms with Gasteiger partial charge in [0.05, 0.1) is 13.2 Å². The van der Waals surface area contributed by atoms with Gasteiger partial charge < -0.3 is 9.84 Å². The minimum atomic E-state index is -1.37. The van der Waals surface area contributed by atoms with E-state index in [-0.39, 0.29) is 0 Å². The molecule has 0 amide bonds. The van der Waals surface area contributed by atoms with E-state index >= 15 is 0 Å². The van der Waals surface area contributed by atoms with E-state index in [2.05, 4.69) is 4.90 Å². The van der Waals surface area contributed by atoms with E-state index < -0.39 is 22.0 Å². The van der Waals surface area contributed by atoms with E-state index in [9.17, 15) is 14.1 Å². The van der Waals surface area contributed by atoms with Crippen LogP contribution in [0.25, 0.3) is 0 Å². The van der Waals surface area contributed by atoms with Crippen LogP contribution in [0.5, 0.6) is 0 Å². The smallest absolute Gasteiger partial charge is 0.319 e. The number of morpholine rings is 1. The third-order valence-corrected chi connectivity index (χ3v) is 5.16. The van der Waals surface area contributed by atoms with Crippen LogP contribution in [0.3, 0.4) is 0 Å². The lowest BCUT2D eigenvalue weighted by Crippen LogP contribution is -2.40. The highest BCUT2D eigenvalue weighted by molar-refractivity contribution is 7.86. The normalized spacial score (nSPS) is 19.0. The first-order valence-corrected chi connectivity index (χ1v) is 8.49. The Bertz CT molecular complexity index is 474. The maximum Gasteiger partial charge on any atom is 0.319 e. The molecule has 1 fully saturated rings. The molecular weight excluding hydrogens is 290 g/mol. The lowest BCUT2D eigenvalue weighted by molar-refractivity contribution is -0.136. The van der Waals surface area contributed by atoms with Crippen LogP contribution in [0.15, 0.2) is 30.3 Å². The lowest BCUT2D eigenvalue weighted by atomic mass is 10.1.